The Balaban J connectivity index is 2.09. The molecule has 100 valence electrons. The summed E-state index contributed by atoms with van der Waals surface area (Å²) in [7, 11) is 0. The molecule has 0 spiro atoms. The number of carbonyl (C=O) groups is 1. The molecule has 0 unspecified atom stereocenters. The number of aliphatic carboxylic acids is 1. The first-order valence-electron chi connectivity index (χ1n) is 5.60. The standard InChI is InChI=1S/C12H11ClFN3O2/c13-10-2-1-3-11(14)9(10)7-17-6-8(15-16-17)4-5-12(18)19/h1-3,6H,4-5,7H2,(H,18,19). The van der Waals surface area contributed by atoms with Crippen LogP contribution in [0.1, 0.15) is 17.7 Å². The van der Waals surface area contributed by atoms with Crippen LogP contribution in [-0.2, 0) is 17.8 Å². The van der Waals surface area contributed by atoms with Crippen LogP contribution in [0.4, 0.5) is 4.39 Å². The first-order valence-corrected chi connectivity index (χ1v) is 5.98. The van der Waals surface area contributed by atoms with Crippen molar-refractivity contribution < 1.29 is 14.3 Å². The molecule has 2 aromatic rings. The summed E-state index contributed by atoms with van der Waals surface area (Å²) in [6, 6.07) is 4.45. The molecule has 0 amide bonds. The van der Waals surface area contributed by atoms with Crippen molar-refractivity contribution in [2.75, 3.05) is 0 Å². The van der Waals surface area contributed by atoms with Crippen LogP contribution in [0.5, 0.6) is 0 Å². The average molecular weight is 284 g/mol. The number of rotatable bonds is 5. The van der Waals surface area contributed by atoms with E-state index in [9.17, 15) is 9.18 Å². The number of aryl methyl sites for hydroxylation is 1. The Kier molecular flexibility index (Phi) is 4.11. The van der Waals surface area contributed by atoms with Crippen LogP contribution in [0.15, 0.2) is 24.4 Å². The third kappa shape index (κ3) is 3.51. The second kappa shape index (κ2) is 5.79. The molecule has 1 N–H and O–H groups in total. The van der Waals surface area contributed by atoms with Crippen molar-refractivity contribution in [3.8, 4) is 0 Å². The Hall–Kier alpha value is -1.95. The Labute approximate surface area is 113 Å². The molecule has 19 heavy (non-hydrogen) atoms. The fraction of sp³-hybridized carbons (Fsp3) is 0.250. The fourth-order valence-corrected chi connectivity index (χ4v) is 1.83. The quantitative estimate of drug-likeness (QED) is 0.913. The highest BCUT2D eigenvalue weighted by molar-refractivity contribution is 6.31. The SMILES string of the molecule is O=C(O)CCc1cn(Cc2c(F)cccc2Cl)nn1. The lowest BCUT2D eigenvalue weighted by molar-refractivity contribution is -0.136. The number of halogens is 2. The lowest BCUT2D eigenvalue weighted by Crippen LogP contribution is -2.03. The van der Waals surface area contributed by atoms with E-state index in [1.807, 2.05) is 0 Å². The lowest BCUT2D eigenvalue weighted by Gasteiger charge is -2.04. The minimum Gasteiger partial charge on any atom is -0.481 e. The smallest absolute Gasteiger partial charge is 0.303 e. The summed E-state index contributed by atoms with van der Waals surface area (Å²) in [6.45, 7) is 0.158. The van der Waals surface area contributed by atoms with E-state index in [1.54, 1.807) is 12.3 Å². The van der Waals surface area contributed by atoms with E-state index < -0.39 is 11.8 Å². The lowest BCUT2D eigenvalue weighted by atomic mass is 10.2. The number of nitrogens with zero attached hydrogens (tertiary/aromatic N) is 3. The van der Waals surface area contributed by atoms with Crippen molar-refractivity contribution >= 4 is 17.6 Å². The molecule has 5 nitrogen and oxygen atoms in total. The second-order valence-electron chi connectivity index (χ2n) is 4.00. The summed E-state index contributed by atoms with van der Waals surface area (Å²) in [4.78, 5) is 10.4. The van der Waals surface area contributed by atoms with Gasteiger partial charge in [-0.3, -0.25) is 4.79 Å². The number of hydrogen-bond acceptors (Lipinski definition) is 3. The highest BCUT2D eigenvalue weighted by Crippen LogP contribution is 2.19. The van der Waals surface area contributed by atoms with Crippen LogP contribution < -0.4 is 0 Å². The predicted molar refractivity (Wildman–Crippen MR) is 66.5 cm³/mol. The number of carboxylic acid groups (broad SMARTS) is 1. The molecular weight excluding hydrogens is 273 g/mol. The maximum absolute atomic E-state index is 13.6. The van der Waals surface area contributed by atoms with Crippen LogP contribution in [0.2, 0.25) is 5.02 Å². The minimum atomic E-state index is -0.897. The van der Waals surface area contributed by atoms with E-state index >= 15 is 0 Å². The summed E-state index contributed by atoms with van der Waals surface area (Å²) in [5.41, 5.74) is 0.883. The van der Waals surface area contributed by atoms with E-state index in [2.05, 4.69) is 10.3 Å². The number of benzene rings is 1. The Morgan fingerprint density at radius 3 is 2.95 bits per heavy atom. The molecule has 0 saturated heterocycles. The molecule has 0 fully saturated rings. The molecular formula is C12H11ClFN3O2. The van der Waals surface area contributed by atoms with Gasteiger partial charge in [0.15, 0.2) is 0 Å². The number of hydrogen-bond donors (Lipinski definition) is 1. The number of aromatic nitrogens is 3. The van der Waals surface area contributed by atoms with Gasteiger partial charge in [-0.05, 0) is 12.1 Å². The van der Waals surface area contributed by atoms with E-state index in [0.29, 0.717) is 22.7 Å². The van der Waals surface area contributed by atoms with Gasteiger partial charge >= 0.3 is 5.97 Å². The van der Waals surface area contributed by atoms with Crippen molar-refractivity contribution in [3.63, 3.8) is 0 Å². The topological polar surface area (TPSA) is 68.0 Å². The van der Waals surface area contributed by atoms with E-state index in [4.69, 9.17) is 16.7 Å². The van der Waals surface area contributed by atoms with Crippen molar-refractivity contribution in [1.29, 1.82) is 0 Å². The van der Waals surface area contributed by atoms with E-state index in [0.717, 1.165) is 0 Å². The molecule has 0 aliphatic heterocycles. The first kappa shape index (κ1) is 13.5. The van der Waals surface area contributed by atoms with Crippen LogP contribution in [0.3, 0.4) is 0 Å². The maximum Gasteiger partial charge on any atom is 0.303 e. The summed E-state index contributed by atoms with van der Waals surface area (Å²) in [5, 5.41) is 16.5. The van der Waals surface area contributed by atoms with Crippen molar-refractivity contribution in [1.82, 2.24) is 15.0 Å². The largest absolute Gasteiger partial charge is 0.481 e. The fourth-order valence-electron chi connectivity index (χ4n) is 1.61. The summed E-state index contributed by atoms with van der Waals surface area (Å²) < 4.78 is 15.0. The monoisotopic (exact) mass is 283 g/mol. The Morgan fingerprint density at radius 1 is 1.47 bits per heavy atom. The zero-order valence-corrected chi connectivity index (χ0v) is 10.6. The molecule has 0 radical (unpaired) electrons. The molecule has 0 aliphatic rings. The molecule has 0 aliphatic carbocycles. The molecule has 1 aromatic carbocycles. The summed E-state index contributed by atoms with van der Waals surface area (Å²) in [6.07, 6.45) is 1.87. The van der Waals surface area contributed by atoms with Gasteiger partial charge in [-0.1, -0.05) is 22.9 Å². The second-order valence-corrected chi connectivity index (χ2v) is 4.41. The number of carboxylic acids is 1. The molecule has 1 aromatic heterocycles. The van der Waals surface area contributed by atoms with Gasteiger partial charge in [0.2, 0.25) is 0 Å². The van der Waals surface area contributed by atoms with E-state index in [-0.39, 0.29) is 13.0 Å². The molecule has 0 atom stereocenters. The van der Waals surface area contributed by atoms with E-state index in [1.165, 1.54) is 16.8 Å². The average Bonchev–Trinajstić information content (AvgIpc) is 2.79. The van der Waals surface area contributed by atoms with Gasteiger partial charge in [0, 0.05) is 23.2 Å². The van der Waals surface area contributed by atoms with Crippen LogP contribution in [0.25, 0.3) is 0 Å². The molecule has 0 bridgehead atoms. The zero-order valence-electron chi connectivity index (χ0n) is 9.88. The third-order valence-electron chi connectivity index (χ3n) is 2.56. The first-order chi connectivity index (χ1) is 9.06. The maximum atomic E-state index is 13.6. The highest BCUT2D eigenvalue weighted by atomic mass is 35.5. The van der Waals surface area contributed by atoms with Crippen molar-refractivity contribution in [2.45, 2.75) is 19.4 Å². The summed E-state index contributed by atoms with van der Waals surface area (Å²) >= 11 is 5.91. The van der Waals surface area contributed by atoms with Crippen LogP contribution in [-0.4, -0.2) is 26.1 Å². The third-order valence-corrected chi connectivity index (χ3v) is 2.92. The van der Waals surface area contributed by atoms with Crippen LogP contribution >= 0.6 is 11.6 Å². The molecule has 2 rings (SSSR count). The van der Waals surface area contributed by atoms with Gasteiger partial charge in [-0.15, -0.1) is 5.10 Å². The van der Waals surface area contributed by atoms with Gasteiger partial charge in [0.05, 0.1) is 18.7 Å². The molecule has 1 heterocycles. The van der Waals surface area contributed by atoms with Crippen LogP contribution in [0, 0.1) is 5.82 Å². The van der Waals surface area contributed by atoms with Gasteiger partial charge in [-0.25, -0.2) is 9.07 Å². The Morgan fingerprint density at radius 2 is 2.26 bits per heavy atom. The van der Waals surface area contributed by atoms with Crippen molar-refractivity contribution in [3.05, 3.63) is 46.5 Å². The predicted octanol–water partition coefficient (Wildman–Crippen LogP) is 2.14. The molecule has 7 heteroatoms. The van der Waals surface area contributed by atoms with Crippen molar-refractivity contribution in [2.24, 2.45) is 0 Å². The van der Waals surface area contributed by atoms with Gasteiger partial charge < -0.3 is 5.11 Å². The van der Waals surface area contributed by atoms with Gasteiger partial charge in [0.1, 0.15) is 5.82 Å². The summed E-state index contributed by atoms with van der Waals surface area (Å²) in [5.74, 6) is -1.30. The normalized spacial score (nSPS) is 10.6. The van der Waals surface area contributed by atoms with Gasteiger partial charge in [0.25, 0.3) is 0 Å². The molecule has 0 saturated carbocycles. The minimum absolute atomic E-state index is 0.0147. The Bertz CT molecular complexity index is 580. The van der Waals surface area contributed by atoms with Gasteiger partial charge in [-0.2, -0.15) is 0 Å². The highest BCUT2D eigenvalue weighted by Gasteiger charge is 2.09. The zero-order chi connectivity index (χ0) is 13.8.